The molecule has 0 bridgehead atoms. The average Bonchev–Trinajstić information content (AvgIpc) is 2.35. The number of benzene rings is 1. The van der Waals surface area contributed by atoms with Crippen molar-refractivity contribution in [1.29, 1.82) is 0 Å². The second-order valence-electron chi connectivity index (χ2n) is 4.17. The number of sulfone groups is 1. The lowest BCUT2D eigenvalue weighted by atomic mass is 10.2. The number of rotatable bonds is 4. The van der Waals surface area contributed by atoms with Gasteiger partial charge in [-0.3, -0.25) is 4.79 Å². The summed E-state index contributed by atoms with van der Waals surface area (Å²) in [6, 6.07) is 4.55. The Hall–Kier alpha value is -1.56. The Kier molecular flexibility index (Phi) is 3.56. The minimum absolute atomic E-state index is 0.0328. The molecule has 18 heavy (non-hydrogen) atoms. The maximum absolute atomic E-state index is 12.0. The zero-order chi connectivity index (χ0) is 13.2. The summed E-state index contributed by atoms with van der Waals surface area (Å²) in [6.45, 7) is 1.91. The van der Waals surface area contributed by atoms with Crippen molar-refractivity contribution in [1.82, 2.24) is 0 Å². The maximum atomic E-state index is 12.0. The topological polar surface area (TPSA) is 72.5 Å². The van der Waals surface area contributed by atoms with Crippen LogP contribution in [0.1, 0.15) is 19.8 Å². The SMILES string of the molecule is CCCCS(=O)(=O)c1ccc2c(c1)NC(=O)CO2. The molecule has 1 amide bonds. The molecule has 0 radical (unpaired) electrons. The summed E-state index contributed by atoms with van der Waals surface area (Å²) in [6.07, 6.45) is 1.45. The molecule has 1 N–H and O–H groups in total. The largest absolute Gasteiger partial charge is 0.482 e. The standard InChI is InChI=1S/C12H15NO4S/c1-2-3-6-18(15,16)9-4-5-11-10(7-9)13-12(14)8-17-11/h4-5,7H,2-3,6,8H2,1H3,(H,13,14). The second-order valence-corrected chi connectivity index (χ2v) is 6.28. The van der Waals surface area contributed by atoms with Gasteiger partial charge in [0.15, 0.2) is 16.4 Å². The summed E-state index contributed by atoms with van der Waals surface area (Å²) in [4.78, 5) is 11.4. The van der Waals surface area contributed by atoms with Crippen molar-refractivity contribution >= 4 is 21.4 Å². The first-order valence-electron chi connectivity index (χ1n) is 5.82. The summed E-state index contributed by atoms with van der Waals surface area (Å²) in [5.41, 5.74) is 0.420. The number of fused-ring (bicyclic) bond motifs is 1. The Labute approximate surface area is 106 Å². The van der Waals surface area contributed by atoms with Crippen LogP contribution in [0.25, 0.3) is 0 Å². The normalized spacial score (nSPS) is 14.6. The van der Waals surface area contributed by atoms with Gasteiger partial charge in [0.2, 0.25) is 0 Å². The monoisotopic (exact) mass is 269 g/mol. The minimum atomic E-state index is -3.28. The molecule has 0 unspecified atom stereocenters. The van der Waals surface area contributed by atoms with Crippen molar-refractivity contribution in [3.63, 3.8) is 0 Å². The molecular formula is C12H15NO4S. The first-order chi connectivity index (χ1) is 8.53. The number of hydrogen-bond acceptors (Lipinski definition) is 4. The van der Waals surface area contributed by atoms with Gasteiger partial charge < -0.3 is 10.1 Å². The smallest absolute Gasteiger partial charge is 0.262 e. The first-order valence-corrected chi connectivity index (χ1v) is 7.47. The van der Waals surface area contributed by atoms with E-state index in [0.29, 0.717) is 17.9 Å². The van der Waals surface area contributed by atoms with Crippen LogP contribution in [0.3, 0.4) is 0 Å². The third-order valence-corrected chi connectivity index (χ3v) is 4.51. The van der Waals surface area contributed by atoms with Gasteiger partial charge in [-0.15, -0.1) is 0 Å². The molecule has 0 saturated heterocycles. The summed E-state index contributed by atoms with van der Waals surface area (Å²) in [7, 11) is -3.28. The number of unbranched alkanes of at least 4 members (excludes halogenated alkanes) is 1. The number of anilines is 1. The van der Waals surface area contributed by atoms with Gasteiger partial charge in [0, 0.05) is 0 Å². The molecule has 5 nitrogen and oxygen atoms in total. The van der Waals surface area contributed by atoms with E-state index in [0.717, 1.165) is 6.42 Å². The molecule has 1 aliphatic rings. The van der Waals surface area contributed by atoms with E-state index in [2.05, 4.69) is 5.32 Å². The molecular weight excluding hydrogens is 254 g/mol. The van der Waals surface area contributed by atoms with Crippen LogP contribution in [0, 0.1) is 0 Å². The lowest BCUT2D eigenvalue weighted by Crippen LogP contribution is -2.25. The zero-order valence-corrected chi connectivity index (χ0v) is 10.9. The molecule has 1 heterocycles. The Balaban J connectivity index is 2.31. The Bertz CT molecular complexity index is 565. The third kappa shape index (κ3) is 2.64. The van der Waals surface area contributed by atoms with E-state index in [4.69, 9.17) is 4.74 Å². The van der Waals surface area contributed by atoms with Gasteiger partial charge in [0.1, 0.15) is 5.75 Å². The van der Waals surface area contributed by atoms with Crippen molar-refractivity contribution in [2.45, 2.75) is 24.7 Å². The molecule has 1 aromatic rings. The number of amides is 1. The van der Waals surface area contributed by atoms with Crippen LogP contribution in [0.2, 0.25) is 0 Å². The fourth-order valence-corrected chi connectivity index (χ4v) is 3.19. The zero-order valence-electron chi connectivity index (χ0n) is 10.1. The van der Waals surface area contributed by atoms with Gasteiger partial charge in [0.25, 0.3) is 5.91 Å². The average molecular weight is 269 g/mol. The van der Waals surface area contributed by atoms with E-state index < -0.39 is 9.84 Å². The van der Waals surface area contributed by atoms with Crippen LogP contribution >= 0.6 is 0 Å². The molecule has 6 heteroatoms. The molecule has 98 valence electrons. The summed E-state index contributed by atoms with van der Waals surface area (Å²) >= 11 is 0. The minimum Gasteiger partial charge on any atom is -0.482 e. The predicted molar refractivity (Wildman–Crippen MR) is 67.5 cm³/mol. The number of ether oxygens (including phenoxy) is 1. The molecule has 0 spiro atoms. The van der Waals surface area contributed by atoms with E-state index in [9.17, 15) is 13.2 Å². The van der Waals surface area contributed by atoms with Crippen LogP contribution in [0.5, 0.6) is 5.75 Å². The molecule has 0 saturated carbocycles. The summed E-state index contributed by atoms with van der Waals surface area (Å²) in [5.74, 6) is 0.353. The van der Waals surface area contributed by atoms with Crippen molar-refractivity contribution < 1.29 is 17.9 Å². The highest BCUT2D eigenvalue weighted by Gasteiger charge is 2.20. The van der Waals surface area contributed by atoms with Gasteiger partial charge in [-0.05, 0) is 24.6 Å². The molecule has 1 aliphatic heterocycles. The number of carbonyl (C=O) groups excluding carboxylic acids is 1. The lowest BCUT2D eigenvalue weighted by Gasteiger charge is -2.18. The van der Waals surface area contributed by atoms with Crippen LogP contribution in [0.15, 0.2) is 23.1 Å². The van der Waals surface area contributed by atoms with Crippen LogP contribution in [0.4, 0.5) is 5.69 Å². The van der Waals surface area contributed by atoms with Gasteiger partial charge in [0.05, 0.1) is 16.3 Å². The van der Waals surface area contributed by atoms with E-state index in [1.54, 1.807) is 6.07 Å². The van der Waals surface area contributed by atoms with Gasteiger partial charge >= 0.3 is 0 Å². The lowest BCUT2D eigenvalue weighted by molar-refractivity contribution is -0.118. The summed E-state index contributed by atoms with van der Waals surface area (Å²) < 4.78 is 29.2. The van der Waals surface area contributed by atoms with Crippen molar-refractivity contribution in [3.8, 4) is 5.75 Å². The van der Waals surface area contributed by atoms with E-state index in [1.165, 1.54) is 12.1 Å². The predicted octanol–water partition coefficient (Wildman–Crippen LogP) is 1.59. The Morgan fingerprint density at radius 3 is 2.89 bits per heavy atom. The van der Waals surface area contributed by atoms with Crippen LogP contribution in [-0.2, 0) is 14.6 Å². The molecule has 0 aliphatic carbocycles. The molecule has 1 aromatic carbocycles. The Morgan fingerprint density at radius 1 is 1.39 bits per heavy atom. The van der Waals surface area contributed by atoms with Gasteiger partial charge in [-0.2, -0.15) is 0 Å². The molecule has 2 rings (SSSR count). The van der Waals surface area contributed by atoms with E-state index >= 15 is 0 Å². The number of carbonyl (C=O) groups is 1. The van der Waals surface area contributed by atoms with Crippen molar-refractivity contribution in [2.24, 2.45) is 0 Å². The summed E-state index contributed by atoms with van der Waals surface area (Å²) in [5, 5.41) is 2.60. The van der Waals surface area contributed by atoms with Gasteiger partial charge in [-0.1, -0.05) is 13.3 Å². The Morgan fingerprint density at radius 2 is 2.17 bits per heavy atom. The highest BCUT2D eigenvalue weighted by atomic mass is 32.2. The van der Waals surface area contributed by atoms with Crippen molar-refractivity contribution in [2.75, 3.05) is 17.7 Å². The number of nitrogens with one attached hydrogen (secondary N) is 1. The maximum Gasteiger partial charge on any atom is 0.262 e. The molecule has 0 atom stereocenters. The van der Waals surface area contributed by atoms with E-state index in [-0.39, 0.29) is 23.2 Å². The highest BCUT2D eigenvalue weighted by Crippen LogP contribution is 2.30. The highest BCUT2D eigenvalue weighted by molar-refractivity contribution is 7.91. The number of hydrogen-bond donors (Lipinski definition) is 1. The molecule has 0 aromatic heterocycles. The first kappa shape index (κ1) is 12.9. The van der Waals surface area contributed by atoms with Crippen molar-refractivity contribution in [3.05, 3.63) is 18.2 Å². The second kappa shape index (κ2) is 4.97. The van der Waals surface area contributed by atoms with Gasteiger partial charge in [-0.25, -0.2) is 8.42 Å². The van der Waals surface area contributed by atoms with E-state index in [1.807, 2.05) is 6.92 Å². The van der Waals surface area contributed by atoms with Crippen LogP contribution < -0.4 is 10.1 Å². The fraction of sp³-hybridized carbons (Fsp3) is 0.417. The quantitative estimate of drug-likeness (QED) is 0.901. The third-order valence-electron chi connectivity index (χ3n) is 2.71. The fourth-order valence-electron chi connectivity index (χ4n) is 1.71. The molecule has 0 fully saturated rings. The van der Waals surface area contributed by atoms with Crippen LogP contribution in [-0.4, -0.2) is 26.7 Å².